The maximum atomic E-state index is 5.71. The zero-order valence-corrected chi connectivity index (χ0v) is 10.1. The zero-order chi connectivity index (χ0) is 10.9. The lowest BCUT2D eigenvalue weighted by molar-refractivity contribution is -0.132. The molecule has 1 fully saturated rings. The molecule has 2 nitrogen and oxygen atoms in total. The summed E-state index contributed by atoms with van der Waals surface area (Å²) in [5, 5.41) is 2.08. The van der Waals surface area contributed by atoms with E-state index in [0.717, 1.165) is 25.3 Å². The number of hydroxylamine groups is 2. The minimum Gasteiger partial charge on any atom is -0.411 e. The molecule has 0 spiro atoms. The summed E-state index contributed by atoms with van der Waals surface area (Å²) in [6.45, 7) is 8.37. The number of unbranched alkanes of at least 4 members (excludes halogenated alkanes) is 3. The molecule has 0 aromatic carbocycles. The lowest BCUT2D eigenvalue weighted by Crippen LogP contribution is -2.29. The molecular formula is C13H25NO. The molecule has 0 aromatic rings. The van der Waals surface area contributed by atoms with Gasteiger partial charge in [0, 0.05) is 19.5 Å². The van der Waals surface area contributed by atoms with Crippen molar-refractivity contribution in [3.8, 4) is 0 Å². The van der Waals surface area contributed by atoms with Gasteiger partial charge < -0.3 is 4.84 Å². The molecule has 88 valence electrons. The van der Waals surface area contributed by atoms with Crippen LogP contribution in [-0.2, 0) is 4.84 Å². The summed E-state index contributed by atoms with van der Waals surface area (Å²) in [6, 6.07) is 0. The van der Waals surface area contributed by atoms with Gasteiger partial charge in [-0.25, -0.2) is 0 Å². The molecule has 0 aromatic heterocycles. The minimum absolute atomic E-state index is 0.952. The van der Waals surface area contributed by atoms with Crippen molar-refractivity contribution in [3.63, 3.8) is 0 Å². The predicted molar refractivity (Wildman–Crippen MR) is 64.4 cm³/mol. The molecule has 0 unspecified atom stereocenters. The SMILES string of the molecule is C=C(CCCCCC)ON1CCCCC1. The Morgan fingerprint density at radius 3 is 2.53 bits per heavy atom. The Hall–Kier alpha value is -0.500. The summed E-state index contributed by atoms with van der Waals surface area (Å²) >= 11 is 0. The average Bonchev–Trinajstić information content (AvgIpc) is 2.26. The third kappa shape index (κ3) is 5.83. The molecule has 0 saturated carbocycles. The Morgan fingerprint density at radius 2 is 1.87 bits per heavy atom. The summed E-state index contributed by atoms with van der Waals surface area (Å²) in [5.74, 6) is 0.952. The third-order valence-electron chi connectivity index (χ3n) is 2.88. The van der Waals surface area contributed by atoms with Crippen LogP contribution in [0.5, 0.6) is 0 Å². The van der Waals surface area contributed by atoms with Gasteiger partial charge in [0.15, 0.2) is 0 Å². The molecule has 1 heterocycles. The number of nitrogens with zero attached hydrogens (tertiary/aromatic N) is 1. The van der Waals surface area contributed by atoms with E-state index >= 15 is 0 Å². The normalized spacial score (nSPS) is 17.7. The van der Waals surface area contributed by atoms with Crippen LogP contribution in [0.3, 0.4) is 0 Å². The van der Waals surface area contributed by atoms with Gasteiger partial charge in [-0.05, 0) is 19.3 Å². The molecule has 0 N–H and O–H groups in total. The van der Waals surface area contributed by atoms with Crippen LogP contribution >= 0.6 is 0 Å². The first kappa shape index (κ1) is 12.6. The second kappa shape index (κ2) is 7.75. The highest BCUT2D eigenvalue weighted by atomic mass is 16.7. The van der Waals surface area contributed by atoms with Crippen LogP contribution in [0.15, 0.2) is 12.3 Å². The smallest absolute Gasteiger partial charge is 0.117 e. The van der Waals surface area contributed by atoms with E-state index in [-0.39, 0.29) is 0 Å². The molecule has 1 saturated heterocycles. The van der Waals surface area contributed by atoms with Crippen molar-refractivity contribution in [3.05, 3.63) is 12.3 Å². The molecule has 1 aliphatic heterocycles. The van der Waals surface area contributed by atoms with E-state index in [4.69, 9.17) is 4.84 Å². The molecule has 2 heteroatoms. The minimum atomic E-state index is 0.952. The number of hydrogen-bond acceptors (Lipinski definition) is 2. The summed E-state index contributed by atoms with van der Waals surface area (Å²) in [5.41, 5.74) is 0. The van der Waals surface area contributed by atoms with Crippen LogP contribution in [0, 0.1) is 0 Å². The molecule has 0 aliphatic carbocycles. The maximum absolute atomic E-state index is 5.71. The van der Waals surface area contributed by atoms with Crippen LogP contribution in [0.25, 0.3) is 0 Å². The molecular weight excluding hydrogens is 186 g/mol. The Bertz CT molecular complexity index is 173. The fourth-order valence-corrected chi connectivity index (χ4v) is 1.93. The third-order valence-corrected chi connectivity index (χ3v) is 2.88. The highest BCUT2D eigenvalue weighted by Gasteiger charge is 2.11. The van der Waals surface area contributed by atoms with Crippen molar-refractivity contribution in [2.24, 2.45) is 0 Å². The van der Waals surface area contributed by atoms with Crippen molar-refractivity contribution in [2.75, 3.05) is 13.1 Å². The van der Waals surface area contributed by atoms with Gasteiger partial charge in [-0.15, -0.1) is 5.06 Å². The summed E-state index contributed by atoms with van der Waals surface area (Å²) in [4.78, 5) is 5.71. The lowest BCUT2D eigenvalue weighted by Gasteiger charge is -2.26. The van der Waals surface area contributed by atoms with E-state index in [1.54, 1.807) is 0 Å². The Kier molecular flexibility index (Phi) is 6.49. The van der Waals surface area contributed by atoms with Gasteiger partial charge in [-0.1, -0.05) is 39.2 Å². The predicted octanol–water partition coefficient (Wildman–Crippen LogP) is 3.89. The summed E-state index contributed by atoms with van der Waals surface area (Å²) in [7, 11) is 0. The first-order valence-corrected chi connectivity index (χ1v) is 6.43. The zero-order valence-electron chi connectivity index (χ0n) is 10.1. The van der Waals surface area contributed by atoms with E-state index in [0.29, 0.717) is 0 Å². The number of rotatable bonds is 7. The van der Waals surface area contributed by atoms with E-state index in [1.807, 2.05) is 0 Å². The average molecular weight is 211 g/mol. The van der Waals surface area contributed by atoms with Crippen LogP contribution in [0.1, 0.15) is 58.3 Å². The van der Waals surface area contributed by atoms with E-state index in [1.165, 1.54) is 44.9 Å². The van der Waals surface area contributed by atoms with Crippen LogP contribution in [0.4, 0.5) is 0 Å². The van der Waals surface area contributed by atoms with Gasteiger partial charge in [0.2, 0.25) is 0 Å². The Balaban J connectivity index is 2.01. The molecule has 0 radical (unpaired) electrons. The molecule has 0 atom stereocenters. The first-order chi connectivity index (χ1) is 7.33. The first-order valence-electron chi connectivity index (χ1n) is 6.43. The largest absolute Gasteiger partial charge is 0.411 e. The van der Waals surface area contributed by atoms with Crippen LogP contribution < -0.4 is 0 Å². The number of hydrogen-bond donors (Lipinski definition) is 0. The number of allylic oxidation sites excluding steroid dienone is 1. The summed E-state index contributed by atoms with van der Waals surface area (Å²) < 4.78 is 0. The fraction of sp³-hybridized carbons (Fsp3) is 0.846. The van der Waals surface area contributed by atoms with Crippen molar-refractivity contribution in [1.29, 1.82) is 0 Å². The molecule has 1 aliphatic rings. The second-order valence-electron chi connectivity index (χ2n) is 4.43. The van der Waals surface area contributed by atoms with E-state index in [2.05, 4.69) is 18.6 Å². The molecule has 0 amide bonds. The van der Waals surface area contributed by atoms with Crippen molar-refractivity contribution < 1.29 is 4.84 Å². The van der Waals surface area contributed by atoms with Gasteiger partial charge in [0.1, 0.15) is 5.76 Å². The van der Waals surface area contributed by atoms with Crippen molar-refractivity contribution in [2.45, 2.75) is 58.3 Å². The van der Waals surface area contributed by atoms with Gasteiger partial charge in [0.05, 0.1) is 0 Å². The molecule has 1 rings (SSSR count). The van der Waals surface area contributed by atoms with Gasteiger partial charge in [0.25, 0.3) is 0 Å². The molecule has 0 bridgehead atoms. The highest BCUT2D eigenvalue weighted by Crippen LogP contribution is 2.15. The van der Waals surface area contributed by atoms with E-state index in [9.17, 15) is 0 Å². The Morgan fingerprint density at radius 1 is 1.13 bits per heavy atom. The highest BCUT2D eigenvalue weighted by molar-refractivity contribution is 4.81. The van der Waals surface area contributed by atoms with Crippen LogP contribution in [-0.4, -0.2) is 18.2 Å². The molecule has 15 heavy (non-hydrogen) atoms. The van der Waals surface area contributed by atoms with Crippen molar-refractivity contribution in [1.82, 2.24) is 5.06 Å². The van der Waals surface area contributed by atoms with Crippen LogP contribution in [0.2, 0.25) is 0 Å². The fourth-order valence-electron chi connectivity index (χ4n) is 1.93. The quantitative estimate of drug-likeness (QED) is 0.468. The number of piperidine rings is 1. The van der Waals surface area contributed by atoms with Gasteiger partial charge >= 0.3 is 0 Å². The standard InChI is InChI=1S/C13H25NO/c1-3-4-5-7-10-13(2)15-14-11-8-6-9-12-14/h2-12H2,1H3. The van der Waals surface area contributed by atoms with Gasteiger partial charge in [-0.2, -0.15) is 0 Å². The summed E-state index contributed by atoms with van der Waals surface area (Å²) in [6.07, 6.45) is 10.1. The monoisotopic (exact) mass is 211 g/mol. The maximum Gasteiger partial charge on any atom is 0.117 e. The second-order valence-corrected chi connectivity index (χ2v) is 4.43. The lowest BCUT2D eigenvalue weighted by atomic mass is 10.1. The Labute approximate surface area is 94.3 Å². The van der Waals surface area contributed by atoms with E-state index < -0.39 is 0 Å². The van der Waals surface area contributed by atoms with Gasteiger partial charge in [-0.3, -0.25) is 0 Å². The topological polar surface area (TPSA) is 12.5 Å². The van der Waals surface area contributed by atoms with Crippen molar-refractivity contribution >= 4 is 0 Å².